The number of hydrogen-bond donors (Lipinski definition) is 2. The second-order valence-corrected chi connectivity index (χ2v) is 10.6. The highest BCUT2D eigenvalue weighted by atomic mass is 19.4. The molecule has 3 aromatic heterocycles. The number of hydrogen-bond acceptors (Lipinski definition) is 6. The van der Waals surface area contributed by atoms with Gasteiger partial charge in [0.2, 0.25) is 0 Å². The zero-order valence-corrected chi connectivity index (χ0v) is 22.1. The number of halogens is 5. The van der Waals surface area contributed by atoms with E-state index in [9.17, 15) is 27.2 Å². The molecule has 0 aliphatic carbocycles. The number of alkyl halides is 4. The largest absolute Gasteiger partial charge is 0.423 e. The van der Waals surface area contributed by atoms with Crippen molar-refractivity contribution in [2.24, 2.45) is 0 Å². The van der Waals surface area contributed by atoms with Crippen molar-refractivity contribution in [3.8, 4) is 11.4 Å². The SMILES string of the molecule is C[C@@H](C[C@@H](F)Cn1ccc2cc(-c3ncc(C(C)(C)C)cn3)c(F)cc2c1=O)Nc1cn[nH]c(=O)c1C(F)(F)F. The molecule has 0 saturated heterocycles. The number of pyridine rings is 1. The highest BCUT2D eigenvalue weighted by Gasteiger charge is 2.37. The smallest absolute Gasteiger partial charge is 0.381 e. The molecule has 3 heterocycles. The number of rotatable bonds is 7. The lowest BCUT2D eigenvalue weighted by Gasteiger charge is -2.20. The normalized spacial score (nSPS) is 13.8. The van der Waals surface area contributed by atoms with Crippen LogP contribution in [0.1, 0.15) is 45.2 Å². The first-order valence-electron chi connectivity index (χ1n) is 12.4. The average Bonchev–Trinajstić information content (AvgIpc) is 2.84. The molecule has 0 fully saturated rings. The number of nitrogens with zero attached hydrogens (tertiary/aromatic N) is 4. The van der Waals surface area contributed by atoms with Crippen molar-refractivity contribution in [2.45, 2.75) is 64.5 Å². The highest BCUT2D eigenvalue weighted by Crippen LogP contribution is 2.32. The van der Waals surface area contributed by atoms with Crippen LogP contribution in [0.4, 0.5) is 27.6 Å². The number of anilines is 1. The molecule has 0 spiro atoms. The van der Waals surface area contributed by atoms with Gasteiger partial charge in [-0.3, -0.25) is 9.59 Å². The zero-order chi connectivity index (χ0) is 29.4. The van der Waals surface area contributed by atoms with Gasteiger partial charge in [0, 0.05) is 31.1 Å². The van der Waals surface area contributed by atoms with Gasteiger partial charge in [-0.25, -0.2) is 23.8 Å². The number of H-pyrrole nitrogens is 1. The molecule has 212 valence electrons. The van der Waals surface area contributed by atoms with E-state index in [4.69, 9.17) is 0 Å². The Bertz CT molecular complexity index is 1640. The van der Waals surface area contributed by atoms with E-state index in [1.165, 1.54) is 25.3 Å². The van der Waals surface area contributed by atoms with Crippen LogP contribution in [0.2, 0.25) is 0 Å². The molecule has 4 rings (SSSR count). The fraction of sp³-hybridized carbons (Fsp3) is 0.370. The lowest BCUT2D eigenvalue weighted by atomic mass is 9.89. The minimum Gasteiger partial charge on any atom is -0.381 e. The van der Waals surface area contributed by atoms with Crippen LogP contribution < -0.4 is 16.4 Å². The van der Waals surface area contributed by atoms with E-state index < -0.39 is 53.1 Å². The average molecular weight is 563 g/mol. The summed E-state index contributed by atoms with van der Waals surface area (Å²) in [6.45, 7) is 7.02. The van der Waals surface area contributed by atoms with Crippen LogP contribution in [-0.2, 0) is 18.1 Å². The number of fused-ring (bicyclic) bond motifs is 1. The lowest BCUT2D eigenvalue weighted by molar-refractivity contribution is -0.138. The minimum atomic E-state index is -4.94. The molecule has 2 atom stereocenters. The zero-order valence-electron chi connectivity index (χ0n) is 22.1. The van der Waals surface area contributed by atoms with E-state index in [0.717, 1.165) is 22.4 Å². The van der Waals surface area contributed by atoms with Gasteiger partial charge in [0.05, 0.1) is 29.4 Å². The lowest BCUT2D eigenvalue weighted by Crippen LogP contribution is -2.30. The Balaban J connectivity index is 1.51. The maximum atomic E-state index is 15.0. The van der Waals surface area contributed by atoms with Crippen molar-refractivity contribution < 1.29 is 22.0 Å². The van der Waals surface area contributed by atoms with E-state index in [2.05, 4.69) is 20.4 Å². The van der Waals surface area contributed by atoms with Gasteiger partial charge in [-0.1, -0.05) is 20.8 Å². The molecule has 0 aliphatic heterocycles. The predicted octanol–water partition coefficient (Wildman–Crippen LogP) is 5.23. The summed E-state index contributed by atoms with van der Waals surface area (Å²) in [7, 11) is 0. The van der Waals surface area contributed by atoms with Crippen molar-refractivity contribution in [2.75, 3.05) is 5.32 Å². The summed E-state index contributed by atoms with van der Waals surface area (Å²) >= 11 is 0. The Morgan fingerprint density at radius 2 is 1.75 bits per heavy atom. The number of nitrogens with one attached hydrogen (secondary N) is 2. The summed E-state index contributed by atoms with van der Waals surface area (Å²) in [5, 5.41) is 8.00. The fourth-order valence-electron chi connectivity index (χ4n) is 4.26. The molecule has 0 amide bonds. The fourth-order valence-corrected chi connectivity index (χ4v) is 4.26. The van der Waals surface area contributed by atoms with E-state index in [0.29, 0.717) is 5.39 Å². The molecular weight excluding hydrogens is 535 g/mol. The Morgan fingerprint density at radius 3 is 2.38 bits per heavy atom. The molecule has 0 saturated carbocycles. The maximum absolute atomic E-state index is 15.0. The molecule has 8 nitrogen and oxygen atoms in total. The van der Waals surface area contributed by atoms with Gasteiger partial charge in [-0.2, -0.15) is 18.3 Å². The van der Waals surface area contributed by atoms with Crippen LogP contribution in [-0.4, -0.2) is 36.9 Å². The summed E-state index contributed by atoms with van der Waals surface area (Å²) in [5.74, 6) is -0.557. The molecule has 0 aliphatic rings. The van der Waals surface area contributed by atoms with E-state index in [-0.39, 0.29) is 28.6 Å². The Hall–Kier alpha value is -4.16. The number of aromatic amines is 1. The second kappa shape index (κ2) is 10.8. The Kier molecular flexibility index (Phi) is 7.77. The van der Waals surface area contributed by atoms with Gasteiger partial charge in [0.25, 0.3) is 11.1 Å². The highest BCUT2D eigenvalue weighted by molar-refractivity contribution is 5.86. The van der Waals surface area contributed by atoms with Gasteiger partial charge in [-0.15, -0.1) is 0 Å². The summed E-state index contributed by atoms with van der Waals surface area (Å²) < 4.78 is 70.8. The third-order valence-corrected chi connectivity index (χ3v) is 6.37. The topological polar surface area (TPSA) is 106 Å². The number of aromatic nitrogens is 5. The summed E-state index contributed by atoms with van der Waals surface area (Å²) in [6.07, 6.45) is -1.47. The first-order valence-corrected chi connectivity index (χ1v) is 12.4. The molecule has 2 N–H and O–H groups in total. The molecule has 1 aromatic carbocycles. The van der Waals surface area contributed by atoms with Crippen LogP contribution >= 0.6 is 0 Å². The van der Waals surface area contributed by atoms with Crippen molar-refractivity contribution in [3.63, 3.8) is 0 Å². The predicted molar refractivity (Wildman–Crippen MR) is 140 cm³/mol. The number of benzene rings is 1. The molecule has 0 radical (unpaired) electrons. The van der Waals surface area contributed by atoms with Crippen LogP contribution in [0.3, 0.4) is 0 Å². The van der Waals surface area contributed by atoms with Gasteiger partial charge in [0.15, 0.2) is 5.82 Å². The quantitative estimate of drug-likeness (QED) is 0.299. The maximum Gasteiger partial charge on any atom is 0.423 e. The van der Waals surface area contributed by atoms with Crippen molar-refractivity contribution in [3.05, 3.63) is 80.6 Å². The summed E-state index contributed by atoms with van der Waals surface area (Å²) in [4.78, 5) is 33.2. The second-order valence-electron chi connectivity index (χ2n) is 10.6. The summed E-state index contributed by atoms with van der Waals surface area (Å²) in [5.41, 5.74) is -3.30. The van der Waals surface area contributed by atoms with Crippen LogP contribution in [0.15, 0.2) is 52.6 Å². The molecule has 4 aromatic rings. The Morgan fingerprint density at radius 1 is 1.07 bits per heavy atom. The van der Waals surface area contributed by atoms with Crippen molar-refractivity contribution in [1.29, 1.82) is 0 Å². The van der Waals surface area contributed by atoms with Crippen LogP contribution in [0.5, 0.6) is 0 Å². The van der Waals surface area contributed by atoms with Gasteiger partial charge in [-0.05, 0) is 41.5 Å². The molecule has 0 unspecified atom stereocenters. The van der Waals surface area contributed by atoms with Gasteiger partial charge < -0.3 is 9.88 Å². The molecular formula is C27H27F5N6O2. The summed E-state index contributed by atoms with van der Waals surface area (Å²) in [6, 6.07) is 3.20. The van der Waals surface area contributed by atoms with Crippen LogP contribution in [0, 0.1) is 5.82 Å². The van der Waals surface area contributed by atoms with Crippen molar-refractivity contribution >= 4 is 16.5 Å². The van der Waals surface area contributed by atoms with E-state index in [1.807, 2.05) is 20.8 Å². The standard InChI is InChI=1S/C27H27F5N6O2/c1-14(36-21-12-35-37-24(39)22(21)27(30,31)32)7-17(28)13-38-6-5-15-8-19(20(29)9-18(15)25(38)40)23-33-10-16(11-34-23)26(2,3)4/h5-6,8-12,14,17H,7,13H2,1-4H3,(H2,36,37,39)/t14-,17+/m0/s1. The molecule has 40 heavy (non-hydrogen) atoms. The first-order chi connectivity index (χ1) is 18.6. The molecule has 0 bridgehead atoms. The third-order valence-electron chi connectivity index (χ3n) is 6.37. The van der Waals surface area contributed by atoms with Crippen LogP contribution in [0.25, 0.3) is 22.2 Å². The first kappa shape index (κ1) is 28.8. The molecule has 13 heteroatoms. The van der Waals surface area contributed by atoms with Crippen molar-refractivity contribution in [1.82, 2.24) is 24.7 Å². The van der Waals surface area contributed by atoms with Gasteiger partial charge >= 0.3 is 6.18 Å². The van der Waals surface area contributed by atoms with E-state index in [1.54, 1.807) is 17.5 Å². The van der Waals surface area contributed by atoms with E-state index >= 15 is 4.39 Å². The Labute approximate surface area is 225 Å². The third kappa shape index (κ3) is 6.18. The monoisotopic (exact) mass is 562 g/mol. The minimum absolute atomic E-state index is 0.0258. The van der Waals surface area contributed by atoms with Gasteiger partial charge in [0.1, 0.15) is 17.6 Å².